The van der Waals surface area contributed by atoms with Crippen molar-refractivity contribution < 1.29 is 14.4 Å². The number of benzene rings is 2. The molecular formula is C25H29N5O3. The number of carbonyl (C=O) groups excluding carboxylic acids is 3. The van der Waals surface area contributed by atoms with Gasteiger partial charge in [0.1, 0.15) is 0 Å². The van der Waals surface area contributed by atoms with Crippen LogP contribution in [-0.4, -0.2) is 41.8 Å². The van der Waals surface area contributed by atoms with Crippen LogP contribution >= 0.6 is 0 Å². The number of anilines is 2. The predicted molar refractivity (Wildman–Crippen MR) is 126 cm³/mol. The van der Waals surface area contributed by atoms with Crippen molar-refractivity contribution in [2.24, 2.45) is 5.73 Å². The maximum atomic E-state index is 12.7. The highest BCUT2D eigenvalue weighted by Crippen LogP contribution is 2.21. The largest absolute Gasteiger partial charge is 0.368 e. The number of likely N-dealkylation sites (tertiary alicyclic amines) is 1. The predicted octanol–water partition coefficient (Wildman–Crippen LogP) is 2.80. The van der Waals surface area contributed by atoms with E-state index in [9.17, 15) is 14.4 Å². The maximum absolute atomic E-state index is 12.7. The van der Waals surface area contributed by atoms with Gasteiger partial charge in [-0.05, 0) is 49.2 Å². The first-order valence-corrected chi connectivity index (χ1v) is 11.1. The van der Waals surface area contributed by atoms with E-state index in [1.165, 1.54) is 0 Å². The molecule has 0 aliphatic carbocycles. The Labute approximate surface area is 194 Å². The zero-order chi connectivity index (χ0) is 23.6. The number of hydrogen-bond acceptors (Lipinski definition) is 5. The first kappa shape index (κ1) is 24.0. The van der Waals surface area contributed by atoms with Crippen LogP contribution in [-0.2, 0) is 20.9 Å². The number of nitrogens with zero attached hydrogens (tertiary/aromatic N) is 3. The second kappa shape index (κ2) is 11.8. The fourth-order valence-electron chi connectivity index (χ4n) is 4.07. The molecule has 3 N–H and O–H groups in total. The van der Waals surface area contributed by atoms with Gasteiger partial charge in [-0.25, -0.2) is 0 Å². The molecule has 2 aromatic rings. The lowest BCUT2D eigenvalue weighted by molar-refractivity contribution is -0.122. The van der Waals surface area contributed by atoms with E-state index in [-0.39, 0.29) is 49.6 Å². The smallest absolute Gasteiger partial charge is 0.234 e. The van der Waals surface area contributed by atoms with Crippen LogP contribution in [0.5, 0.6) is 0 Å². The van der Waals surface area contributed by atoms with Crippen LogP contribution in [0.15, 0.2) is 54.6 Å². The number of carbonyl (C=O) groups is 3. The first-order chi connectivity index (χ1) is 16.0. The molecule has 1 atom stereocenters. The van der Waals surface area contributed by atoms with E-state index < -0.39 is 0 Å². The Bertz CT molecular complexity index is 1020. The third kappa shape index (κ3) is 6.89. The number of para-hydroxylation sites is 1. The number of nitriles is 1. The van der Waals surface area contributed by atoms with Crippen molar-refractivity contribution in [2.75, 3.05) is 23.3 Å². The summed E-state index contributed by atoms with van der Waals surface area (Å²) in [6, 6.07) is 18.4. The summed E-state index contributed by atoms with van der Waals surface area (Å²) in [5.74, 6) is -0.766. The number of nitrogens with one attached hydrogen (secondary N) is 1. The minimum absolute atomic E-state index is 0.0365. The van der Waals surface area contributed by atoms with Crippen LogP contribution in [0.3, 0.4) is 0 Å². The zero-order valence-electron chi connectivity index (χ0n) is 18.6. The van der Waals surface area contributed by atoms with Crippen LogP contribution in [0, 0.1) is 11.3 Å². The maximum Gasteiger partial charge on any atom is 0.234 e. The molecule has 1 aliphatic rings. The van der Waals surface area contributed by atoms with Crippen molar-refractivity contribution in [1.82, 2.24) is 4.90 Å². The van der Waals surface area contributed by atoms with Gasteiger partial charge < -0.3 is 16.0 Å². The number of rotatable bonds is 10. The van der Waals surface area contributed by atoms with Gasteiger partial charge in [0, 0.05) is 37.3 Å². The highest BCUT2D eigenvalue weighted by Gasteiger charge is 2.28. The van der Waals surface area contributed by atoms with E-state index in [0.29, 0.717) is 17.9 Å². The van der Waals surface area contributed by atoms with Gasteiger partial charge in [0.2, 0.25) is 17.7 Å². The summed E-state index contributed by atoms with van der Waals surface area (Å²) in [4.78, 5) is 40.4. The number of nitrogens with two attached hydrogens (primary N) is 1. The molecule has 3 amide bonds. The fourth-order valence-corrected chi connectivity index (χ4v) is 4.07. The number of hydrogen-bond donors (Lipinski definition) is 2. The van der Waals surface area contributed by atoms with E-state index in [4.69, 9.17) is 11.0 Å². The lowest BCUT2D eigenvalue weighted by atomic mass is 10.1. The van der Waals surface area contributed by atoms with Crippen molar-refractivity contribution >= 4 is 29.1 Å². The van der Waals surface area contributed by atoms with Crippen molar-refractivity contribution in [3.63, 3.8) is 0 Å². The molecule has 1 saturated heterocycles. The van der Waals surface area contributed by atoms with Crippen molar-refractivity contribution in [3.8, 4) is 6.07 Å². The minimum atomic E-state index is -0.305. The number of amides is 3. The molecule has 0 bridgehead atoms. The first-order valence-electron chi connectivity index (χ1n) is 11.1. The molecule has 1 aliphatic heterocycles. The van der Waals surface area contributed by atoms with Crippen molar-refractivity contribution in [3.05, 3.63) is 60.2 Å². The second-order valence-electron chi connectivity index (χ2n) is 8.07. The lowest BCUT2D eigenvalue weighted by Gasteiger charge is -2.22. The van der Waals surface area contributed by atoms with Crippen LogP contribution < -0.4 is 16.0 Å². The van der Waals surface area contributed by atoms with Crippen LogP contribution in [0.1, 0.15) is 37.7 Å². The molecule has 3 rings (SSSR count). The monoisotopic (exact) mass is 447 g/mol. The minimum Gasteiger partial charge on any atom is -0.368 e. The molecule has 172 valence electrons. The van der Waals surface area contributed by atoms with Gasteiger partial charge >= 0.3 is 0 Å². The fraction of sp³-hybridized carbons (Fsp3) is 0.360. The van der Waals surface area contributed by atoms with E-state index in [0.717, 1.165) is 24.9 Å². The van der Waals surface area contributed by atoms with Gasteiger partial charge in [0.25, 0.3) is 0 Å². The van der Waals surface area contributed by atoms with Crippen LogP contribution in [0.4, 0.5) is 11.4 Å². The molecule has 0 spiro atoms. The van der Waals surface area contributed by atoms with Gasteiger partial charge in [-0.15, -0.1) is 0 Å². The SMILES string of the molecule is N#CCCN(C(=O)CCC(=O)Nc1cccc(CN2CCCC2C(N)=O)c1)c1ccccc1. The molecule has 8 nitrogen and oxygen atoms in total. The van der Waals surface area contributed by atoms with Gasteiger partial charge in [-0.2, -0.15) is 5.26 Å². The molecule has 2 aromatic carbocycles. The van der Waals surface area contributed by atoms with Crippen LogP contribution in [0.2, 0.25) is 0 Å². The highest BCUT2D eigenvalue weighted by molar-refractivity contribution is 5.98. The summed E-state index contributed by atoms with van der Waals surface area (Å²) in [6.07, 6.45) is 2.00. The Morgan fingerprint density at radius 3 is 2.64 bits per heavy atom. The Kier molecular flexibility index (Phi) is 8.56. The number of primary amides is 1. The van der Waals surface area contributed by atoms with Gasteiger partial charge in [0.15, 0.2) is 0 Å². The Hall–Kier alpha value is -3.70. The standard InChI is InChI=1S/C25H29N5O3/c26-14-6-16-30(21-9-2-1-3-10-21)24(32)13-12-23(31)28-20-8-4-7-19(17-20)18-29-15-5-11-22(29)25(27)33/h1-4,7-10,17,22H,5-6,11-13,15-16,18H2,(H2,27,33)(H,28,31). The summed E-state index contributed by atoms with van der Waals surface area (Å²) in [7, 11) is 0. The summed E-state index contributed by atoms with van der Waals surface area (Å²) in [5.41, 5.74) is 7.82. The normalized spacial score (nSPS) is 15.5. The Balaban J connectivity index is 1.55. The topological polar surface area (TPSA) is 120 Å². The average molecular weight is 448 g/mol. The van der Waals surface area contributed by atoms with E-state index in [1.807, 2.05) is 48.5 Å². The molecule has 33 heavy (non-hydrogen) atoms. The summed E-state index contributed by atoms with van der Waals surface area (Å²) in [5, 5.41) is 11.7. The van der Waals surface area contributed by atoms with E-state index >= 15 is 0 Å². The zero-order valence-corrected chi connectivity index (χ0v) is 18.6. The quantitative estimate of drug-likeness (QED) is 0.580. The molecular weight excluding hydrogens is 418 g/mol. The third-order valence-electron chi connectivity index (χ3n) is 5.67. The van der Waals surface area contributed by atoms with Crippen molar-refractivity contribution in [1.29, 1.82) is 5.26 Å². The molecule has 1 fully saturated rings. The molecule has 0 saturated carbocycles. The molecule has 8 heteroatoms. The van der Waals surface area contributed by atoms with Gasteiger partial charge in [-0.3, -0.25) is 19.3 Å². The van der Waals surface area contributed by atoms with Gasteiger partial charge in [0.05, 0.1) is 18.5 Å². The molecule has 1 unspecified atom stereocenters. The Morgan fingerprint density at radius 2 is 1.91 bits per heavy atom. The van der Waals surface area contributed by atoms with Gasteiger partial charge in [-0.1, -0.05) is 30.3 Å². The average Bonchev–Trinajstić information content (AvgIpc) is 3.27. The molecule has 0 aromatic heterocycles. The lowest BCUT2D eigenvalue weighted by Crippen LogP contribution is -2.39. The molecule has 1 heterocycles. The van der Waals surface area contributed by atoms with E-state index in [1.54, 1.807) is 11.0 Å². The van der Waals surface area contributed by atoms with E-state index in [2.05, 4.69) is 16.3 Å². The third-order valence-corrected chi connectivity index (χ3v) is 5.67. The summed E-state index contributed by atoms with van der Waals surface area (Å²) >= 11 is 0. The van der Waals surface area contributed by atoms with Crippen molar-refractivity contribution in [2.45, 2.75) is 44.7 Å². The highest BCUT2D eigenvalue weighted by atomic mass is 16.2. The van der Waals surface area contributed by atoms with Crippen LogP contribution in [0.25, 0.3) is 0 Å². The second-order valence-corrected chi connectivity index (χ2v) is 8.07. The summed E-state index contributed by atoms with van der Waals surface area (Å²) in [6.45, 7) is 1.68. The molecule has 0 radical (unpaired) electrons. The Morgan fingerprint density at radius 1 is 1.12 bits per heavy atom. The summed E-state index contributed by atoms with van der Waals surface area (Å²) < 4.78 is 0.